The fourth-order valence-electron chi connectivity index (χ4n) is 2.71. The van der Waals surface area contributed by atoms with E-state index in [0.29, 0.717) is 10.8 Å². The quantitative estimate of drug-likeness (QED) is 0.468. The van der Waals surface area contributed by atoms with Gasteiger partial charge >= 0.3 is 5.97 Å². The molecule has 4 nitrogen and oxygen atoms in total. The molecule has 0 saturated carbocycles. The molecule has 0 amide bonds. The first kappa shape index (κ1) is 17.0. The molecule has 0 fully saturated rings. The van der Waals surface area contributed by atoms with Crippen molar-refractivity contribution in [1.29, 1.82) is 0 Å². The minimum Gasteiger partial charge on any atom is -0.476 e. The molecule has 0 unspecified atom stereocenters. The summed E-state index contributed by atoms with van der Waals surface area (Å²) < 4.78 is 6.09. The molecule has 5 heteroatoms. The average Bonchev–Trinajstić information content (AvgIpc) is 3.20. The molecule has 0 saturated heterocycles. The van der Waals surface area contributed by atoms with Gasteiger partial charge < -0.3 is 9.84 Å². The van der Waals surface area contributed by atoms with Gasteiger partial charge in [-0.2, -0.15) is 0 Å². The van der Waals surface area contributed by atoms with Gasteiger partial charge in [0.2, 0.25) is 0 Å². The van der Waals surface area contributed by atoms with Crippen molar-refractivity contribution >= 4 is 17.3 Å². The summed E-state index contributed by atoms with van der Waals surface area (Å²) in [5.41, 5.74) is 3.03. The molecule has 1 aromatic heterocycles. The second-order valence-corrected chi connectivity index (χ2v) is 6.69. The normalized spacial score (nSPS) is 10.5. The number of nitrogens with zero attached hydrogens (tertiary/aromatic N) is 1. The maximum absolute atomic E-state index is 11.0. The molecule has 0 radical (unpaired) electrons. The molecule has 4 aromatic rings. The topological polar surface area (TPSA) is 59.4 Å². The van der Waals surface area contributed by atoms with Crippen molar-refractivity contribution in [1.82, 2.24) is 4.98 Å². The van der Waals surface area contributed by atoms with Crippen LogP contribution in [0, 0.1) is 0 Å². The number of thiazole rings is 1. The number of para-hydroxylation sites is 1. The van der Waals surface area contributed by atoms with E-state index in [1.807, 2.05) is 78.9 Å². The zero-order valence-electron chi connectivity index (χ0n) is 14.2. The second-order valence-electron chi connectivity index (χ2n) is 5.83. The summed E-state index contributed by atoms with van der Waals surface area (Å²) >= 11 is 1.31. The Bertz CT molecular complexity index is 1070. The number of rotatable bonds is 5. The Kier molecular flexibility index (Phi) is 4.68. The molecular formula is C22H15NO3S. The first-order valence-corrected chi connectivity index (χ1v) is 9.20. The van der Waals surface area contributed by atoms with Crippen LogP contribution in [-0.4, -0.2) is 16.1 Å². The first-order chi connectivity index (χ1) is 13.2. The third kappa shape index (κ3) is 3.73. The van der Waals surface area contributed by atoms with Gasteiger partial charge in [-0.05, 0) is 35.9 Å². The Morgan fingerprint density at radius 1 is 0.852 bits per heavy atom. The molecule has 0 aliphatic carbocycles. The molecule has 1 heterocycles. The lowest BCUT2D eigenvalue weighted by atomic mass is 10.0. The van der Waals surface area contributed by atoms with Crippen molar-refractivity contribution < 1.29 is 14.6 Å². The number of aromatic carboxylic acids is 1. The van der Waals surface area contributed by atoms with Gasteiger partial charge in [0.25, 0.3) is 0 Å². The third-order valence-corrected chi connectivity index (χ3v) is 4.92. The molecule has 0 aliphatic rings. The number of aromatic nitrogens is 1. The van der Waals surface area contributed by atoms with Crippen molar-refractivity contribution in [2.24, 2.45) is 0 Å². The summed E-state index contributed by atoms with van der Waals surface area (Å²) in [6.07, 6.45) is 0. The molecule has 1 N–H and O–H groups in total. The van der Waals surface area contributed by atoms with Crippen LogP contribution in [0.25, 0.3) is 21.7 Å². The van der Waals surface area contributed by atoms with E-state index in [-0.39, 0.29) is 5.69 Å². The maximum atomic E-state index is 11.0. The summed E-state index contributed by atoms with van der Waals surface area (Å²) in [6, 6.07) is 25.5. The molecule has 0 bridgehead atoms. The lowest BCUT2D eigenvalue weighted by molar-refractivity contribution is 0.0691. The van der Waals surface area contributed by atoms with Crippen molar-refractivity contribution in [3.05, 3.63) is 89.9 Å². The van der Waals surface area contributed by atoms with Gasteiger partial charge in [-0.1, -0.05) is 48.5 Å². The number of carbonyl (C=O) groups is 1. The highest BCUT2D eigenvalue weighted by atomic mass is 32.1. The highest BCUT2D eigenvalue weighted by molar-refractivity contribution is 7.13. The highest BCUT2D eigenvalue weighted by Crippen LogP contribution is 2.34. The summed E-state index contributed by atoms with van der Waals surface area (Å²) in [6.45, 7) is 0. The first-order valence-electron chi connectivity index (χ1n) is 8.32. The van der Waals surface area contributed by atoms with Crippen LogP contribution in [0.5, 0.6) is 11.5 Å². The van der Waals surface area contributed by atoms with Crippen LogP contribution in [0.4, 0.5) is 0 Å². The van der Waals surface area contributed by atoms with Gasteiger partial charge in [-0.25, -0.2) is 9.78 Å². The monoisotopic (exact) mass is 373 g/mol. The van der Waals surface area contributed by atoms with Crippen LogP contribution in [0.1, 0.15) is 10.5 Å². The number of ether oxygens (including phenoxy) is 1. The maximum Gasteiger partial charge on any atom is 0.355 e. The zero-order chi connectivity index (χ0) is 18.6. The van der Waals surface area contributed by atoms with Crippen molar-refractivity contribution in [2.75, 3.05) is 0 Å². The Morgan fingerprint density at radius 3 is 2.26 bits per heavy atom. The van der Waals surface area contributed by atoms with E-state index in [0.717, 1.165) is 22.4 Å². The Labute approximate surface area is 160 Å². The van der Waals surface area contributed by atoms with Crippen molar-refractivity contribution in [2.45, 2.75) is 0 Å². The van der Waals surface area contributed by atoms with E-state index < -0.39 is 5.97 Å². The number of carboxylic acid groups (broad SMARTS) is 1. The van der Waals surface area contributed by atoms with Gasteiger partial charge in [0.15, 0.2) is 5.69 Å². The van der Waals surface area contributed by atoms with E-state index in [9.17, 15) is 4.79 Å². The zero-order valence-corrected chi connectivity index (χ0v) is 15.0. The second kappa shape index (κ2) is 7.43. The van der Waals surface area contributed by atoms with Crippen LogP contribution in [-0.2, 0) is 0 Å². The van der Waals surface area contributed by atoms with E-state index in [1.165, 1.54) is 16.7 Å². The van der Waals surface area contributed by atoms with Gasteiger partial charge in [0.1, 0.15) is 16.5 Å². The van der Waals surface area contributed by atoms with Gasteiger partial charge in [0, 0.05) is 16.5 Å². The lowest BCUT2D eigenvalue weighted by Gasteiger charge is -2.11. The molecule has 3 aromatic carbocycles. The SMILES string of the molecule is O=C(O)c1csc(-c2ccc(Oc3ccccc3-c3ccccc3)cc2)n1. The number of hydrogen-bond acceptors (Lipinski definition) is 4. The van der Waals surface area contributed by atoms with Gasteiger partial charge in [-0.15, -0.1) is 11.3 Å². The molecule has 4 rings (SSSR count). The van der Waals surface area contributed by atoms with Crippen LogP contribution < -0.4 is 4.74 Å². The molecule has 0 spiro atoms. The number of carboxylic acids is 1. The standard InChI is InChI=1S/C22H15NO3S/c24-22(25)19-14-27-21(23-19)16-10-12-17(13-11-16)26-20-9-5-4-8-18(20)15-6-2-1-3-7-15/h1-14H,(H,24,25). The van der Waals surface area contributed by atoms with E-state index in [2.05, 4.69) is 4.98 Å². The number of hydrogen-bond donors (Lipinski definition) is 1. The third-order valence-electron chi connectivity index (χ3n) is 4.02. The summed E-state index contributed by atoms with van der Waals surface area (Å²) in [7, 11) is 0. The molecule has 132 valence electrons. The van der Waals surface area contributed by atoms with E-state index in [1.54, 1.807) is 0 Å². The van der Waals surface area contributed by atoms with Gasteiger partial charge in [-0.3, -0.25) is 0 Å². The smallest absolute Gasteiger partial charge is 0.355 e. The van der Waals surface area contributed by atoms with Gasteiger partial charge in [0.05, 0.1) is 0 Å². The highest BCUT2D eigenvalue weighted by Gasteiger charge is 2.11. The molecule has 27 heavy (non-hydrogen) atoms. The summed E-state index contributed by atoms with van der Waals surface area (Å²) in [5.74, 6) is 0.464. The molecule has 0 atom stereocenters. The van der Waals surface area contributed by atoms with Crippen LogP contribution in [0.2, 0.25) is 0 Å². The predicted octanol–water partition coefficient (Wildman–Crippen LogP) is 5.97. The molecular weight excluding hydrogens is 358 g/mol. The fraction of sp³-hybridized carbons (Fsp3) is 0. The minimum absolute atomic E-state index is 0.0621. The molecule has 0 aliphatic heterocycles. The van der Waals surface area contributed by atoms with Crippen LogP contribution in [0.15, 0.2) is 84.2 Å². The van der Waals surface area contributed by atoms with E-state index in [4.69, 9.17) is 9.84 Å². The lowest BCUT2D eigenvalue weighted by Crippen LogP contribution is -1.95. The van der Waals surface area contributed by atoms with Crippen LogP contribution in [0.3, 0.4) is 0 Å². The number of benzene rings is 3. The van der Waals surface area contributed by atoms with Crippen molar-refractivity contribution in [3.63, 3.8) is 0 Å². The minimum atomic E-state index is -1.02. The van der Waals surface area contributed by atoms with E-state index >= 15 is 0 Å². The van der Waals surface area contributed by atoms with Crippen LogP contribution >= 0.6 is 11.3 Å². The Morgan fingerprint density at radius 2 is 1.56 bits per heavy atom. The Hall–Kier alpha value is -3.44. The Balaban J connectivity index is 1.58. The summed E-state index contributed by atoms with van der Waals surface area (Å²) in [4.78, 5) is 15.1. The average molecular weight is 373 g/mol. The summed E-state index contributed by atoms with van der Waals surface area (Å²) in [5, 5.41) is 11.2. The fourth-order valence-corrected chi connectivity index (χ4v) is 3.51. The largest absolute Gasteiger partial charge is 0.476 e. The van der Waals surface area contributed by atoms with Crippen molar-refractivity contribution in [3.8, 4) is 33.2 Å². The predicted molar refractivity (Wildman–Crippen MR) is 106 cm³/mol.